The summed E-state index contributed by atoms with van der Waals surface area (Å²) in [5.41, 5.74) is 3.55. The molecule has 1 aromatic carbocycles. The number of benzene rings is 1. The zero-order chi connectivity index (χ0) is 25.1. The molecule has 3 aliphatic heterocycles. The summed E-state index contributed by atoms with van der Waals surface area (Å²) in [4.78, 5) is 30.9. The van der Waals surface area contributed by atoms with E-state index in [-0.39, 0.29) is 5.91 Å². The van der Waals surface area contributed by atoms with E-state index in [2.05, 4.69) is 44.0 Å². The number of rotatable bonds is 7. The Labute approximate surface area is 212 Å². The zero-order valence-electron chi connectivity index (χ0n) is 21.0. The van der Waals surface area contributed by atoms with E-state index in [1.165, 1.54) is 11.1 Å². The highest BCUT2D eigenvalue weighted by molar-refractivity contribution is 5.73. The molecule has 0 saturated carbocycles. The number of β-amino-alcohol motifs (C(OH)–C–C–N with tert-alkyl or cyclic N) is 1. The fourth-order valence-electron chi connectivity index (χ4n) is 5.45. The second-order valence-corrected chi connectivity index (χ2v) is 10.1. The van der Waals surface area contributed by atoms with E-state index in [1.54, 1.807) is 19.3 Å². The van der Waals surface area contributed by atoms with Crippen molar-refractivity contribution in [3.05, 3.63) is 53.5 Å². The molecule has 4 heterocycles. The minimum Gasteiger partial charge on any atom is -0.390 e. The maximum absolute atomic E-state index is 11.5. The summed E-state index contributed by atoms with van der Waals surface area (Å²) >= 11 is 0. The largest absolute Gasteiger partial charge is 0.390 e. The average molecular weight is 496 g/mol. The van der Waals surface area contributed by atoms with Crippen LogP contribution in [0.25, 0.3) is 0 Å². The Hall–Kier alpha value is -2.63. The molecule has 0 aliphatic carbocycles. The van der Waals surface area contributed by atoms with Gasteiger partial charge in [0.25, 0.3) is 0 Å². The van der Waals surface area contributed by atoms with Crippen LogP contribution in [-0.2, 0) is 24.3 Å². The minimum atomic E-state index is -0.747. The fourth-order valence-corrected chi connectivity index (χ4v) is 5.45. The summed E-state index contributed by atoms with van der Waals surface area (Å²) in [5.74, 6) is 0.924. The van der Waals surface area contributed by atoms with E-state index in [0.29, 0.717) is 45.8 Å². The SMILES string of the molecule is CC(=O)N1CCN(c2cnc(CN3CCN(C[C@H](O)CN4CCc5ccccc5C4)C3O)cn2)CC1. The molecule has 2 aromatic rings. The molecule has 194 valence electrons. The van der Waals surface area contributed by atoms with E-state index < -0.39 is 12.5 Å². The highest BCUT2D eigenvalue weighted by Gasteiger charge is 2.32. The number of aliphatic hydroxyl groups excluding tert-OH is 2. The predicted octanol–water partition coefficient (Wildman–Crippen LogP) is -0.0422. The molecule has 5 rings (SSSR count). The lowest BCUT2D eigenvalue weighted by molar-refractivity contribution is -0.129. The van der Waals surface area contributed by atoms with Gasteiger partial charge in [0.05, 0.1) is 24.2 Å². The highest BCUT2D eigenvalue weighted by atomic mass is 16.3. The number of aromatic nitrogens is 2. The van der Waals surface area contributed by atoms with Crippen LogP contribution < -0.4 is 4.90 Å². The number of carbonyl (C=O) groups excluding carboxylic acids is 1. The summed E-state index contributed by atoms with van der Waals surface area (Å²) in [5, 5.41) is 21.6. The summed E-state index contributed by atoms with van der Waals surface area (Å²) in [6.07, 6.45) is 3.29. The fraction of sp³-hybridized carbons (Fsp3) is 0.577. The van der Waals surface area contributed by atoms with Crippen LogP contribution in [0.1, 0.15) is 23.7 Å². The third kappa shape index (κ3) is 5.84. The normalized spacial score (nSPS) is 22.6. The Morgan fingerprint density at radius 1 is 0.972 bits per heavy atom. The van der Waals surface area contributed by atoms with Gasteiger partial charge in [0.2, 0.25) is 5.91 Å². The van der Waals surface area contributed by atoms with Gasteiger partial charge in [-0.1, -0.05) is 24.3 Å². The smallest absolute Gasteiger partial charge is 0.219 e. The molecule has 2 saturated heterocycles. The number of amides is 1. The quantitative estimate of drug-likeness (QED) is 0.548. The lowest BCUT2D eigenvalue weighted by Gasteiger charge is -2.34. The van der Waals surface area contributed by atoms with Crippen LogP contribution in [-0.4, -0.2) is 117 Å². The van der Waals surface area contributed by atoms with Crippen molar-refractivity contribution in [2.24, 2.45) is 0 Å². The molecular formula is C26H37N7O3. The third-order valence-corrected chi connectivity index (χ3v) is 7.56. The van der Waals surface area contributed by atoms with E-state index in [0.717, 1.165) is 44.1 Å². The Bertz CT molecular complexity index is 1030. The van der Waals surface area contributed by atoms with Crippen molar-refractivity contribution in [3.8, 4) is 0 Å². The lowest BCUT2D eigenvalue weighted by atomic mass is 10.00. The molecule has 1 amide bonds. The number of aliphatic hydroxyl groups is 2. The van der Waals surface area contributed by atoms with Crippen LogP contribution in [0.15, 0.2) is 36.7 Å². The first-order valence-electron chi connectivity index (χ1n) is 12.9. The first kappa shape index (κ1) is 25.0. The second-order valence-electron chi connectivity index (χ2n) is 10.1. The van der Waals surface area contributed by atoms with E-state index >= 15 is 0 Å². The standard InChI is InChI=1S/C26H37N7O3/c1-20(34)30-8-10-31(11-9-30)25-15-27-23(14-28-25)17-32-12-13-33(26(32)36)19-24(35)18-29-7-6-21-4-2-3-5-22(21)16-29/h2-5,14-15,24,26,35-36H,6-13,16-19H2,1H3/t24-,26?/m1/s1. The molecule has 36 heavy (non-hydrogen) atoms. The molecule has 3 aliphatic rings. The molecule has 10 heteroatoms. The molecule has 0 spiro atoms. The Morgan fingerprint density at radius 2 is 1.72 bits per heavy atom. The van der Waals surface area contributed by atoms with Gasteiger partial charge in [0, 0.05) is 78.9 Å². The van der Waals surface area contributed by atoms with Gasteiger partial charge in [-0.15, -0.1) is 0 Å². The van der Waals surface area contributed by atoms with Crippen LogP contribution >= 0.6 is 0 Å². The van der Waals surface area contributed by atoms with Crippen molar-refractivity contribution in [3.63, 3.8) is 0 Å². The second kappa shape index (κ2) is 11.2. The summed E-state index contributed by atoms with van der Waals surface area (Å²) in [6.45, 7) is 9.27. The number of anilines is 1. The summed E-state index contributed by atoms with van der Waals surface area (Å²) in [6, 6.07) is 8.51. The van der Waals surface area contributed by atoms with Crippen molar-refractivity contribution >= 4 is 11.7 Å². The summed E-state index contributed by atoms with van der Waals surface area (Å²) in [7, 11) is 0. The molecule has 1 aromatic heterocycles. The monoisotopic (exact) mass is 495 g/mol. The number of piperazine rings is 1. The predicted molar refractivity (Wildman–Crippen MR) is 136 cm³/mol. The van der Waals surface area contributed by atoms with Crippen molar-refractivity contribution in [2.45, 2.75) is 38.9 Å². The Balaban J connectivity index is 1.08. The molecule has 1 unspecified atom stereocenters. The maximum Gasteiger partial charge on any atom is 0.219 e. The van der Waals surface area contributed by atoms with Crippen LogP contribution in [0.2, 0.25) is 0 Å². The molecule has 2 fully saturated rings. The van der Waals surface area contributed by atoms with Crippen molar-refractivity contribution in [1.29, 1.82) is 0 Å². The van der Waals surface area contributed by atoms with E-state index in [1.807, 2.05) is 14.7 Å². The molecule has 0 bridgehead atoms. The number of nitrogens with zero attached hydrogens (tertiary/aromatic N) is 7. The highest BCUT2D eigenvalue weighted by Crippen LogP contribution is 2.20. The number of hydrogen-bond acceptors (Lipinski definition) is 9. The topological polar surface area (TPSA) is 99.5 Å². The molecule has 2 atom stereocenters. The van der Waals surface area contributed by atoms with E-state index in [4.69, 9.17) is 0 Å². The van der Waals surface area contributed by atoms with Crippen molar-refractivity contribution in [2.75, 3.05) is 63.8 Å². The van der Waals surface area contributed by atoms with Gasteiger partial charge in [-0.05, 0) is 17.5 Å². The molecule has 0 radical (unpaired) electrons. The van der Waals surface area contributed by atoms with Gasteiger partial charge >= 0.3 is 0 Å². The average Bonchev–Trinajstić information content (AvgIpc) is 3.22. The number of fused-ring (bicyclic) bond motifs is 1. The Kier molecular flexibility index (Phi) is 7.78. The Morgan fingerprint density at radius 3 is 2.44 bits per heavy atom. The van der Waals surface area contributed by atoms with Gasteiger partial charge in [-0.2, -0.15) is 0 Å². The van der Waals surface area contributed by atoms with Crippen molar-refractivity contribution in [1.82, 2.24) is 29.6 Å². The zero-order valence-corrected chi connectivity index (χ0v) is 21.0. The maximum atomic E-state index is 11.5. The first-order valence-corrected chi connectivity index (χ1v) is 12.9. The van der Waals surface area contributed by atoms with Crippen LogP contribution in [0.4, 0.5) is 5.82 Å². The first-order chi connectivity index (χ1) is 17.5. The number of hydrogen-bond donors (Lipinski definition) is 2. The van der Waals surface area contributed by atoms with Gasteiger partial charge < -0.3 is 20.0 Å². The molecule has 10 nitrogen and oxygen atoms in total. The number of carbonyl (C=O) groups is 1. The van der Waals surface area contributed by atoms with E-state index in [9.17, 15) is 15.0 Å². The molecular weight excluding hydrogens is 458 g/mol. The lowest BCUT2D eigenvalue weighted by Crippen LogP contribution is -2.48. The van der Waals surface area contributed by atoms with Gasteiger partial charge in [0.15, 0.2) is 6.35 Å². The van der Waals surface area contributed by atoms with Crippen molar-refractivity contribution < 1.29 is 15.0 Å². The van der Waals surface area contributed by atoms with Gasteiger partial charge in [0.1, 0.15) is 5.82 Å². The van der Waals surface area contributed by atoms with Gasteiger partial charge in [-0.25, -0.2) is 4.98 Å². The minimum absolute atomic E-state index is 0.110. The molecule has 2 N–H and O–H groups in total. The van der Waals surface area contributed by atoms with Crippen LogP contribution in [0.5, 0.6) is 0 Å². The summed E-state index contributed by atoms with van der Waals surface area (Å²) < 4.78 is 0. The van der Waals surface area contributed by atoms with Gasteiger partial charge in [-0.3, -0.25) is 24.5 Å². The van der Waals surface area contributed by atoms with Crippen LogP contribution in [0.3, 0.4) is 0 Å². The van der Waals surface area contributed by atoms with Crippen LogP contribution in [0, 0.1) is 0 Å². The third-order valence-electron chi connectivity index (χ3n) is 7.56.